The van der Waals surface area contributed by atoms with Gasteiger partial charge in [0.15, 0.2) is 0 Å². The Kier molecular flexibility index (Phi) is 5.02. The number of nitrogens with two attached hydrogens (primary N) is 1. The predicted octanol–water partition coefficient (Wildman–Crippen LogP) is 2.78. The van der Waals surface area contributed by atoms with Crippen molar-refractivity contribution in [2.75, 3.05) is 13.6 Å². The van der Waals surface area contributed by atoms with Crippen LogP contribution in [0.3, 0.4) is 0 Å². The minimum Gasteiger partial charge on any atom is -0.467 e. The molecule has 19 heavy (non-hydrogen) atoms. The van der Waals surface area contributed by atoms with E-state index in [1.54, 1.807) is 11.0 Å². The van der Waals surface area contributed by atoms with Crippen molar-refractivity contribution in [3.63, 3.8) is 0 Å². The molecule has 4 heteroatoms. The van der Waals surface area contributed by atoms with Crippen LogP contribution in [0.25, 0.3) is 0 Å². The molecule has 0 unspecified atom stereocenters. The number of rotatable bonds is 5. The van der Waals surface area contributed by atoms with Gasteiger partial charge in [-0.05, 0) is 18.4 Å². The van der Waals surface area contributed by atoms with Crippen LogP contribution >= 0.6 is 0 Å². The second kappa shape index (κ2) is 6.75. The molecule has 0 spiro atoms. The molecule has 1 saturated carbocycles. The Labute approximate surface area is 114 Å². The summed E-state index contributed by atoms with van der Waals surface area (Å²) in [5.41, 5.74) is 6.08. The quantitative estimate of drug-likeness (QED) is 0.889. The van der Waals surface area contributed by atoms with Crippen LogP contribution in [0.1, 0.15) is 54.6 Å². The lowest BCUT2D eigenvalue weighted by atomic mass is 9.87. The van der Waals surface area contributed by atoms with Crippen molar-refractivity contribution in [2.24, 2.45) is 11.7 Å². The van der Waals surface area contributed by atoms with Crippen molar-refractivity contribution in [1.29, 1.82) is 0 Å². The fourth-order valence-corrected chi connectivity index (χ4v) is 2.77. The van der Waals surface area contributed by atoms with Crippen molar-refractivity contribution in [3.8, 4) is 0 Å². The summed E-state index contributed by atoms with van der Waals surface area (Å²) in [6.45, 7) is 1.16. The van der Waals surface area contributed by atoms with E-state index in [0.29, 0.717) is 17.9 Å². The van der Waals surface area contributed by atoms with Gasteiger partial charge in [0.05, 0.1) is 12.1 Å². The Morgan fingerprint density at radius 2 is 2.16 bits per heavy atom. The maximum Gasteiger partial charge on any atom is 0.256 e. The molecule has 1 aromatic rings. The van der Waals surface area contributed by atoms with Gasteiger partial charge in [0.25, 0.3) is 5.91 Å². The van der Waals surface area contributed by atoms with Gasteiger partial charge in [-0.25, -0.2) is 0 Å². The van der Waals surface area contributed by atoms with Gasteiger partial charge in [0.2, 0.25) is 0 Å². The van der Waals surface area contributed by atoms with Crippen LogP contribution in [0.2, 0.25) is 0 Å². The molecule has 0 radical (unpaired) electrons. The van der Waals surface area contributed by atoms with Gasteiger partial charge in [0, 0.05) is 13.6 Å². The molecule has 1 aliphatic carbocycles. The largest absolute Gasteiger partial charge is 0.467 e. The molecule has 0 atom stereocenters. The van der Waals surface area contributed by atoms with Crippen LogP contribution in [0, 0.1) is 5.92 Å². The molecule has 1 aliphatic rings. The average Bonchev–Trinajstić information content (AvgIpc) is 2.94. The Hall–Kier alpha value is -1.29. The minimum absolute atomic E-state index is 0.0271. The van der Waals surface area contributed by atoms with Gasteiger partial charge >= 0.3 is 0 Å². The number of nitrogens with zero attached hydrogens (tertiary/aromatic N) is 1. The van der Waals surface area contributed by atoms with Crippen LogP contribution in [0.15, 0.2) is 16.7 Å². The lowest BCUT2D eigenvalue weighted by Gasteiger charge is -2.24. The summed E-state index contributed by atoms with van der Waals surface area (Å²) in [5.74, 6) is 1.48. The fourth-order valence-electron chi connectivity index (χ4n) is 2.77. The highest BCUT2D eigenvalue weighted by Crippen LogP contribution is 2.26. The van der Waals surface area contributed by atoms with Crippen molar-refractivity contribution in [3.05, 3.63) is 23.7 Å². The SMILES string of the molecule is CN(CCC1CCCCC1)C(=O)c1coc(CN)c1. The lowest BCUT2D eigenvalue weighted by molar-refractivity contribution is 0.0783. The maximum atomic E-state index is 12.2. The van der Waals surface area contributed by atoms with Gasteiger partial charge < -0.3 is 15.1 Å². The van der Waals surface area contributed by atoms with E-state index in [4.69, 9.17) is 10.2 Å². The second-order valence-corrected chi connectivity index (χ2v) is 5.53. The van der Waals surface area contributed by atoms with Gasteiger partial charge in [0.1, 0.15) is 12.0 Å². The molecular weight excluding hydrogens is 240 g/mol. The monoisotopic (exact) mass is 264 g/mol. The van der Waals surface area contributed by atoms with E-state index in [1.807, 2.05) is 7.05 Å². The molecule has 0 saturated heterocycles. The summed E-state index contributed by atoms with van der Waals surface area (Å²) in [6.07, 6.45) is 9.34. The van der Waals surface area contributed by atoms with Crippen LogP contribution in [0.4, 0.5) is 0 Å². The van der Waals surface area contributed by atoms with Crippen LogP contribution in [0.5, 0.6) is 0 Å². The Balaban J connectivity index is 1.81. The number of amides is 1. The zero-order chi connectivity index (χ0) is 13.7. The summed E-state index contributed by atoms with van der Waals surface area (Å²) in [5, 5.41) is 0. The van der Waals surface area contributed by atoms with E-state index in [-0.39, 0.29) is 5.91 Å². The predicted molar refractivity (Wildman–Crippen MR) is 74.8 cm³/mol. The smallest absolute Gasteiger partial charge is 0.256 e. The number of hydrogen-bond acceptors (Lipinski definition) is 3. The van der Waals surface area contributed by atoms with E-state index in [0.717, 1.165) is 18.9 Å². The normalized spacial score (nSPS) is 16.5. The summed E-state index contributed by atoms with van der Waals surface area (Å²) in [6, 6.07) is 1.74. The first-order valence-corrected chi connectivity index (χ1v) is 7.23. The van der Waals surface area contributed by atoms with E-state index in [9.17, 15) is 4.79 Å². The van der Waals surface area contributed by atoms with E-state index < -0.39 is 0 Å². The zero-order valence-electron chi connectivity index (χ0n) is 11.7. The summed E-state index contributed by atoms with van der Waals surface area (Å²) in [7, 11) is 1.86. The van der Waals surface area contributed by atoms with E-state index >= 15 is 0 Å². The van der Waals surface area contributed by atoms with Crippen LogP contribution in [-0.2, 0) is 6.54 Å². The van der Waals surface area contributed by atoms with Crippen LogP contribution in [-0.4, -0.2) is 24.4 Å². The zero-order valence-corrected chi connectivity index (χ0v) is 11.7. The number of carbonyl (C=O) groups excluding carboxylic acids is 1. The highest BCUT2D eigenvalue weighted by atomic mass is 16.3. The Bertz CT molecular complexity index is 408. The topological polar surface area (TPSA) is 59.5 Å². The van der Waals surface area contributed by atoms with E-state index in [2.05, 4.69) is 0 Å². The average molecular weight is 264 g/mol. The second-order valence-electron chi connectivity index (χ2n) is 5.53. The molecule has 2 rings (SSSR count). The van der Waals surface area contributed by atoms with Crippen molar-refractivity contribution >= 4 is 5.91 Å². The molecule has 0 bridgehead atoms. The standard InChI is InChI=1S/C15H24N2O2/c1-17(8-7-12-5-3-2-4-6-12)15(18)13-9-14(10-16)19-11-13/h9,11-12H,2-8,10,16H2,1H3. The molecule has 2 N–H and O–H groups in total. The third-order valence-electron chi connectivity index (χ3n) is 4.05. The van der Waals surface area contributed by atoms with Gasteiger partial charge in [-0.3, -0.25) is 4.79 Å². The first kappa shape index (κ1) is 14.1. The van der Waals surface area contributed by atoms with Crippen molar-refractivity contribution < 1.29 is 9.21 Å². The number of carbonyl (C=O) groups is 1. The van der Waals surface area contributed by atoms with Crippen LogP contribution < -0.4 is 5.73 Å². The molecule has 1 fully saturated rings. The molecule has 106 valence electrons. The fraction of sp³-hybridized carbons (Fsp3) is 0.667. The maximum absolute atomic E-state index is 12.2. The van der Waals surface area contributed by atoms with Crippen molar-refractivity contribution in [1.82, 2.24) is 4.90 Å². The molecule has 1 aromatic heterocycles. The Morgan fingerprint density at radius 1 is 1.42 bits per heavy atom. The summed E-state index contributed by atoms with van der Waals surface area (Å²) in [4.78, 5) is 14.0. The summed E-state index contributed by atoms with van der Waals surface area (Å²) < 4.78 is 5.21. The molecule has 0 aromatic carbocycles. The summed E-state index contributed by atoms with van der Waals surface area (Å²) >= 11 is 0. The lowest BCUT2D eigenvalue weighted by Crippen LogP contribution is -2.29. The first-order valence-electron chi connectivity index (χ1n) is 7.23. The van der Waals surface area contributed by atoms with Gasteiger partial charge in [-0.1, -0.05) is 32.1 Å². The Morgan fingerprint density at radius 3 is 2.79 bits per heavy atom. The van der Waals surface area contributed by atoms with E-state index in [1.165, 1.54) is 38.4 Å². The molecule has 4 nitrogen and oxygen atoms in total. The number of hydrogen-bond donors (Lipinski definition) is 1. The minimum atomic E-state index is 0.0271. The first-order chi connectivity index (χ1) is 9.20. The highest BCUT2D eigenvalue weighted by Gasteiger charge is 2.18. The molecular formula is C15H24N2O2. The highest BCUT2D eigenvalue weighted by molar-refractivity contribution is 5.93. The third-order valence-corrected chi connectivity index (χ3v) is 4.05. The third kappa shape index (κ3) is 3.83. The molecule has 1 heterocycles. The molecule has 1 amide bonds. The van der Waals surface area contributed by atoms with Crippen molar-refractivity contribution in [2.45, 2.75) is 45.1 Å². The van der Waals surface area contributed by atoms with Gasteiger partial charge in [-0.2, -0.15) is 0 Å². The molecule has 0 aliphatic heterocycles. The number of furan rings is 1. The van der Waals surface area contributed by atoms with Gasteiger partial charge in [-0.15, -0.1) is 0 Å².